The average molecular weight is 244 g/mol. The highest BCUT2D eigenvalue weighted by Crippen LogP contribution is 2.10. The molecule has 3 heterocycles. The molecule has 0 spiro atoms. The monoisotopic (exact) mass is 244 g/mol. The van der Waals surface area contributed by atoms with Crippen LogP contribution in [0.25, 0.3) is 5.65 Å². The van der Waals surface area contributed by atoms with Crippen LogP contribution in [0, 0.1) is 13.8 Å². The first-order chi connectivity index (χ1) is 8.72. The number of fused-ring (bicyclic) bond motifs is 1. The van der Waals surface area contributed by atoms with Gasteiger partial charge in [-0.05, 0) is 25.5 Å². The Kier molecular flexibility index (Phi) is 2.44. The van der Waals surface area contributed by atoms with E-state index in [-0.39, 0.29) is 0 Å². The molecule has 0 saturated carbocycles. The van der Waals surface area contributed by atoms with E-state index >= 15 is 0 Å². The van der Waals surface area contributed by atoms with Crippen molar-refractivity contribution in [1.29, 1.82) is 0 Å². The van der Waals surface area contributed by atoms with Gasteiger partial charge in [-0.1, -0.05) is 11.2 Å². The predicted molar refractivity (Wildman–Crippen MR) is 64.1 cm³/mol. The molecule has 0 amide bonds. The Balaban J connectivity index is 1.81. The fraction of sp³-hybridized carbons (Fsp3) is 0.273. The molecule has 0 unspecified atom stereocenters. The molecule has 0 aliphatic rings. The number of anilines is 1. The van der Waals surface area contributed by atoms with E-state index in [1.54, 1.807) is 11.4 Å². The third-order valence-corrected chi connectivity index (χ3v) is 2.52. The minimum Gasteiger partial charge on any atom is -0.344 e. The van der Waals surface area contributed by atoms with Crippen molar-refractivity contribution in [1.82, 2.24) is 24.7 Å². The molecular weight excluding hydrogens is 232 g/mol. The number of rotatable bonds is 3. The highest BCUT2D eigenvalue weighted by Gasteiger charge is 2.07. The van der Waals surface area contributed by atoms with E-state index in [0.29, 0.717) is 24.2 Å². The van der Waals surface area contributed by atoms with Crippen molar-refractivity contribution in [3.05, 3.63) is 35.6 Å². The van der Waals surface area contributed by atoms with Gasteiger partial charge < -0.3 is 9.84 Å². The van der Waals surface area contributed by atoms with Gasteiger partial charge in [-0.2, -0.15) is 9.97 Å². The minimum atomic E-state index is 0.413. The van der Waals surface area contributed by atoms with Crippen molar-refractivity contribution in [2.45, 2.75) is 20.4 Å². The average Bonchev–Trinajstić information content (AvgIpc) is 2.93. The fourth-order valence-electron chi connectivity index (χ4n) is 1.68. The summed E-state index contributed by atoms with van der Waals surface area (Å²) in [5.74, 6) is 1.67. The maximum atomic E-state index is 5.00. The van der Waals surface area contributed by atoms with Crippen LogP contribution in [0.15, 0.2) is 22.9 Å². The molecule has 0 saturated heterocycles. The summed E-state index contributed by atoms with van der Waals surface area (Å²) >= 11 is 0. The lowest BCUT2D eigenvalue weighted by atomic mass is 10.3. The van der Waals surface area contributed by atoms with Crippen LogP contribution in [-0.4, -0.2) is 24.7 Å². The quantitative estimate of drug-likeness (QED) is 0.748. The zero-order chi connectivity index (χ0) is 12.5. The summed E-state index contributed by atoms with van der Waals surface area (Å²) in [5.41, 5.74) is 1.91. The molecular formula is C11H12N6O. The molecule has 3 aromatic rings. The lowest BCUT2D eigenvalue weighted by Gasteiger charge is -1.94. The number of aromatic nitrogens is 5. The van der Waals surface area contributed by atoms with Gasteiger partial charge in [0.05, 0.1) is 6.54 Å². The Morgan fingerprint density at radius 2 is 2.22 bits per heavy atom. The van der Waals surface area contributed by atoms with Gasteiger partial charge in [-0.25, -0.2) is 4.52 Å². The first-order valence-electron chi connectivity index (χ1n) is 5.57. The molecule has 7 nitrogen and oxygen atoms in total. The van der Waals surface area contributed by atoms with Crippen LogP contribution < -0.4 is 5.32 Å². The van der Waals surface area contributed by atoms with Gasteiger partial charge >= 0.3 is 0 Å². The number of pyridine rings is 1. The van der Waals surface area contributed by atoms with Crippen molar-refractivity contribution in [2.75, 3.05) is 5.32 Å². The van der Waals surface area contributed by atoms with Gasteiger partial charge in [0, 0.05) is 6.20 Å². The summed E-state index contributed by atoms with van der Waals surface area (Å²) in [6.07, 6.45) is 1.86. The second kappa shape index (κ2) is 4.10. The Labute approximate surface area is 103 Å². The predicted octanol–water partition coefficient (Wildman–Crippen LogP) is 1.34. The zero-order valence-electron chi connectivity index (χ0n) is 10.1. The number of aryl methyl sites for hydroxylation is 2. The molecule has 0 radical (unpaired) electrons. The maximum absolute atomic E-state index is 5.00. The van der Waals surface area contributed by atoms with E-state index in [1.807, 2.05) is 25.3 Å². The van der Waals surface area contributed by atoms with E-state index in [2.05, 4.69) is 25.5 Å². The summed E-state index contributed by atoms with van der Waals surface area (Å²) in [6.45, 7) is 4.19. The molecule has 3 rings (SSSR count). The lowest BCUT2D eigenvalue weighted by Crippen LogP contribution is -2.01. The summed E-state index contributed by atoms with van der Waals surface area (Å²) in [5, 5.41) is 11.1. The van der Waals surface area contributed by atoms with E-state index in [9.17, 15) is 0 Å². The molecule has 3 aromatic heterocycles. The van der Waals surface area contributed by atoms with Gasteiger partial charge in [0.2, 0.25) is 11.8 Å². The Morgan fingerprint density at radius 3 is 2.94 bits per heavy atom. The van der Waals surface area contributed by atoms with Crippen LogP contribution in [0.4, 0.5) is 5.95 Å². The molecule has 92 valence electrons. The van der Waals surface area contributed by atoms with Crippen LogP contribution in [0.1, 0.15) is 17.3 Å². The molecule has 1 N–H and O–H groups in total. The molecule has 18 heavy (non-hydrogen) atoms. The number of nitrogens with one attached hydrogen (secondary N) is 1. The topological polar surface area (TPSA) is 81.1 Å². The van der Waals surface area contributed by atoms with E-state index < -0.39 is 0 Å². The number of hydrogen-bond donors (Lipinski definition) is 1. The molecule has 0 fully saturated rings. The Hall–Kier alpha value is -2.44. The SMILES string of the molecule is Cc1noc(CNc2nc3c(C)cccn3n2)n1. The van der Waals surface area contributed by atoms with Crippen molar-refractivity contribution in [3.8, 4) is 0 Å². The van der Waals surface area contributed by atoms with Crippen LogP contribution in [0.5, 0.6) is 0 Å². The third-order valence-electron chi connectivity index (χ3n) is 2.52. The van der Waals surface area contributed by atoms with Crippen LogP contribution in [0.3, 0.4) is 0 Å². The molecule has 0 bridgehead atoms. The molecule has 0 aliphatic heterocycles. The largest absolute Gasteiger partial charge is 0.344 e. The number of hydrogen-bond acceptors (Lipinski definition) is 6. The van der Waals surface area contributed by atoms with E-state index in [4.69, 9.17) is 4.52 Å². The summed E-state index contributed by atoms with van der Waals surface area (Å²) in [6, 6.07) is 3.93. The van der Waals surface area contributed by atoms with E-state index in [1.165, 1.54) is 0 Å². The van der Waals surface area contributed by atoms with Gasteiger partial charge in [0.25, 0.3) is 0 Å². The highest BCUT2D eigenvalue weighted by atomic mass is 16.5. The van der Waals surface area contributed by atoms with Gasteiger partial charge in [-0.3, -0.25) is 0 Å². The highest BCUT2D eigenvalue weighted by molar-refractivity contribution is 5.49. The minimum absolute atomic E-state index is 0.413. The second-order valence-electron chi connectivity index (χ2n) is 3.98. The van der Waals surface area contributed by atoms with Crippen LogP contribution in [0.2, 0.25) is 0 Å². The number of nitrogens with zero attached hydrogens (tertiary/aromatic N) is 5. The standard InChI is InChI=1S/C11H12N6O/c1-7-4-3-5-17-10(7)14-11(15-17)12-6-9-13-8(2)16-18-9/h3-5H,6H2,1-2H3,(H,12,15). The normalized spacial score (nSPS) is 11.0. The summed E-state index contributed by atoms with van der Waals surface area (Å²) in [7, 11) is 0. The third kappa shape index (κ3) is 1.90. The van der Waals surface area contributed by atoms with Gasteiger partial charge in [-0.15, -0.1) is 5.10 Å². The van der Waals surface area contributed by atoms with Crippen molar-refractivity contribution in [2.24, 2.45) is 0 Å². The first-order valence-corrected chi connectivity index (χ1v) is 5.57. The van der Waals surface area contributed by atoms with Crippen LogP contribution >= 0.6 is 0 Å². The van der Waals surface area contributed by atoms with Gasteiger partial charge in [0.15, 0.2) is 11.5 Å². The van der Waals surface area contributed by atoms with Crippen molar-refractivity contribution >= 4 is 11.6 Å². The van der Waals surface area contributed by atoms with Crippen LogP contribution in [-0.2, 0) is 6.54 Å². The van der Waals surface area contributed by atoms with Gasteiger partial charge in [0.1, 0.15) is 0 Å². The van der Waals surface area contributed by atoms with E-state index in [0.717, 1.165) is 11.2 Å². The van der Waals surface area contributed by atoms with Crippen molar-refractivity contribution in [3.63, 3.8) is 0 Å². The Morgan fingerprint density at radius 1 is 1.33 bits per heavy atom. The lowest BCUT2D eigenvalue weighted by molar-refractivity contribution is 0.379. The molecule has 7 heteroatoms. The fourth-order valence-corrected chi connectivity index (χ4v) is 1.68. The molecule has 0 aromatic carbocycles. The smallest absolute Gasteiger partial charge is 0.246 e. The summed E-state index contributed by atoms with van der Waals surface area (Å²) < 4.78 is 6.73. The Bertz CT molecular complexity index is 686. The summed E-state index contributed by atoms with van der Waals surface area (Å²) in [4.78, 5) is 8.48. The molecule has 0 atom stereocenters. The maximum Gasteiger partial charge on any atom is 0.246 e. The molecule has 0 aliphatic carbocycles. The first kappa shape index (κ1) is 10.7. The second-order valence-corrected chi connectivity index (χ2v) is 3.98. The zero-order valence-corrected chi connectivity index (χ0v) is 10.1. The van der Waals surface area contributed by atoms with Crippen molar-refractivity contribution < 1.29 is 4.52 Å².